The van der Waals surface area contributed by atoms with Crippen molar-refractivity contribution < 1.29 is 24.1 Å². The Balaban J connectivity index is 1.39. The van der Waals surface area contributed by atoms with Crippen molar-refractivity contribution in [3.05, 3.63) is 114 Å². The summed E-state index contributed by atoms with van der Waals surface area (Å²) < 4.78 is 26.2. The summed E-state index contributed by atoms with van der Waals surface area (Å²) in [6.07, 6.45) is -0.217. The van der Waals surface area contributed by atoms with Crippen LogP contribution in [0.4, 0.5) is 5.82 Å². The number of nitrogen functional groups attached to an aromatic ring is 1. The number of hydrogen-bond acceptors (Lipinski definition) is 9. The Morgan fingerprint density at radius 1 is 0.878 bits per heavy atom. The number of aliphatic hydroxyl groups is 1. The van der Waals surface area contributed by atoms with E-state index >= 15 is 0 Å². The Hall–Kier alpha value is -4.35. The first-order chi connectivity index (χ1) is 20.1. The summed E-state index contributed by atoms with van der Waals surface area (Å²) in [5.74, 6) is 0.997. The van der Waals surface area contributed by atoms with Gasteiger partial charge in [-0.15, -0.1) is 0 Å². The van der Waals surface area contributed by atoms with Gasteiger partial charge >= 0.3 is 0 Å². The van der Waals surface area contributed by atoms with E-state index in [0.29, 0.717) is 11.2 Å². The van der Waals surface area contributed by atoms with Crippen molar-refractivity contribution in [2.45, 2.75) is 30.1 Å². The van der Waals surface area contributed by atoms with Gasteiger partial charge in [-0.25, -0.2) is 15.0 Å². The van der Waals surface area contributed by atoms with Crippen LogP contribution in [0.25, 0.3) is 11.2 Å². The number of ether oxygens (including phenoxy) is 4. The number of methoxy groups -OCH3 is 2. The second-order valence-corrected chi connectivity index (χ2v) is 9.79. The molecule has 0 amide bonds. The summed E-state index contributed by atoms with van der Waals surface area (Å²) >= 11 is 0. The molecular formula is C31H31N5O5. The molecule has 0 radical (unpaired) electrons. The quantitative estimate of drug-likeness (QED) is 0.263. The van der Waals surface area contributed by atoms with Gasteiger partial charge in [0.1, 0.15) is 41.5 Å². The van der Waals surface area contributed by atoms with Crippen LogP contribution in [0.2, 0.25) is 0 Å². The van der Waals surface area contributed by atoms with Gasteiger partial charge in [-0.2, -0.15) is 0 Å². The van der Waals surface area contributed by atoms with Gasteiger partial charge in [-0.1, -0.05) is 72.8 Å². The highest BCUT2D eigenvalue weighted by Crippen LogP contribution is 2.42. The average Bonchev–Trinajstić information content (AvgIpc) is 3.60. The number of fused-ring (bicyclic) bond motifs is 1. The molecule has 210 valence electrons. The van der Waals surface area contributed by atoms with Crippen molar-refractivity contribution >= 4 is 17.0 Å². The van der Waals surface area contributed by atoms with Crippen molar-refractivity contribution in [3.8, 4) is 5.75 Å². The third-order valence-electron chi connectivity index (χ3n) is 7.57. The summed E-state index contributed by atoms with van der Waals surface area (Å²) in [7, 11) is 3.17. The zero-order valence-corrected chi connectivity index (χ0v) is 22.7. The lowest BCUT2D eigenvalue weighted by Gasteiger charge is -2.37. The van der Waals surface area contributed by atoms with Crippen molar-refractivity contribution in [2.24, 2.45) is 0 Å². The number of nitrogens with zero attached hydrogens (tertiary/aromatic N) is 4. The predicted molar refractivity (Wildman–Crippen MR) is 152 cm³/mol. The molecule has 41 heavy (non-hydrogen) atoms. The molecule has 1 fully saturated rings. The fourth-order valence-electron chi connectivity index (χ4n) is 5.52. The van der Waals surface area contributed by atoms with Gasteiger partial charge < -0.3 is 29.8 Å². The fourth-order valence-corrected chi connectivity index (χ4v) is 5.52. The lowest BCUT2D eigenvalue weighted by Crippen LogP contribution is -2.40. The normalized spacial score (nSPS) is 20.9. The molecule has 1 aliphatic heterocycles. The molecule has 2 aromatic heterocycles. The fraction of sp³-hybridized carbons (Fsp3) is 0.258. The highest BCUT2D eigenvalue weighted by molar-refractivity contribution is 5.81. The number of anilines is 1. The van der Waals surface area contributed by atoms with Gasteiger partial charge in [0.2, 0.25) is 0 Å². The molecule has 0 saturated carbocycles. The van der Waals surface area contributed by atoms with E-state index in [9.17, 15) is 5.11 Å². The molecule has 10 nitrogen and oxygen atoms in total. The number of imidazole rings is 1. The van der Waals surface area contributed by atoms with Gasteiger partial charge in [0, 0.05) is 7.11 Å². The molecule has 5 aromatic rings. The number of nitrogens with two attached hydrogens (primary N) is 1. The van der Waals surface area contributed by atoms with E-state index in [-0.39, 0.29) is 12.4 Å². The van der Waals surface area contributed by atoms with E-state index in [0.717, 1.165) is 22.4 Å². The molecule has 0 aliphatic carbocycles. The molecule has 0 bridgehead atoms. The Morgan fingerprint density at radius 2 is 1.51 bits per heavy atom. The third kappa shape index (κ3) is 4.70. The average molecular weight is 554 g/mol. The summed E-state index contributed by atoms with van der Waals surface area (Å²) in [6.45, 7) is 0.0527. The predicted octanol–water partition coefficient (Wildman–Crippen LogP) is 3.70. The SMILES string of the molecule is COc1ccc(C(OC[C@H]2O[C@@H](n3cnc4c(N)ncnc43)[C@H](OC)[C@@H]2O)(c2ccccc2)c2ccccc2)cc1. The van der Waals surface area contributed by atoms with Gasteiger partial charge in [0.15, 0.2) is 17.7 Å². The van der Waals surface area contributed by atoms with Crippen LogP contribution in [0.15, 0.2) is 97.6 Å². The maximum Gasteiger partial charge on any atom is 0.167 e. The first-order valence-electron chi connectivity index (χ1n) is 13.3. The minimum Gasteiger partial charge on any atom is -0.497 e. The summed E-state index contributed by atoms with van der Waals surface area (Å²) in [5.41, 5.74) is 8.67. The largest absolute Gasteiger partial charge is 0.497 e. The summed E-state index contributed by atoms with van der Waals surface area (Å²) in [6, 6.07) is 27.8. The second-order valence-electron chi connectivity index (χ2n) is 9.79. The van der Waals surface area contributed by atoms with Crippen LogP contribution in [0.5, 0.6) is 5.75 Å². The molecule has 1 aliphatic rings. The molecule has 3 aromatic carbocycles. The number of aliphatic hydroxyl groups excluding tert-OH is 1. The Kier molecular flexibility index (Phi) is 7.38. The van der Waals surface area contributed by atoms with Gasteiger partial charge in [0.05, 0.1) is 20.0 Å². The minimum atomic E-state index is -1.01. The molecule has 0 spiro atoms. The summed E-state index contributed by atoms with van der Waals surface area (Å²) in [5, 5.41) is 11.4. The van der Waals surface area contributed by atoms with E-state index < -0.39 is 30.1 Å². The van der Waals surface area contributed by atoms with E-state index in [1.54, 1.807) is 18.0 Å². The van der Waals surface area contributed by atoms with Crippen molar-refractivity contribution in [2.75, 3.05) is 26.6 Å². The number of benzene rings is 3. The molecule has 10 heteroatoms. The molecule has 3 heterocycles. The molecule has 6 rings (SSSR count). The smallest absolute Gasteiger partial charge is 0.167 e. The molecule has 4 atom stereocenters. The lowest BCUT2D eigenvalue weighted by molar-refractivity contribution is -0.0948. The van der Waals surface area contributed by atoms with E-state index in [2.05, 4.69) is 15.0 Å². The van der Waals surface area contributed by atoms with E-state index in [1.807, 2.05) is 84.9 Å². The lowest BCUT2D eigenvalue weighted by atomic mass is 9.80. The summed E-state index contributed by atoms with van der Waals surface area (Å²) in [4.78, 5) is 12.7. The first-order valence-corrected chi connectivity index (χ1v) is 13.3. The van der Waals surface area contributed by atoms with Gasteiger partial charge in [-0.05, 0) is 28.8 Å². The molecule has 1 saturated heterocycles. The van der Waals surface area contributed by atoms with Crippen LogP contribution in [-0.4, -0.2) is 63.8 Å². The van der Waals surface area contributed by atoms with Crippen LogP contribution >= 0.6 is 0 Å². The Labute approximate surface area is 237 Å². The number of hydrogen-bond donors (Lipinski definition) is 2. The standard InChI is InChI=1S/C31H31N5O5/c1-38-23-15-13-22(14-16-23)31(20-9-5-3-6-10-20,21-11-7-4-8-12-21)40-17-24-26(37)27(39-2)30(41-24)36-19-35-25-28(32)33-18-34-29(25)36/h3-16,18-19,24,26-27,30,37H,17H2,1-2H3,(H2,32,33,34)/t24-,26-,27-,30-/m1/s1. The van der Waals surface area contributed by atoms with Crippen LogP contribution in [-0.2, 0) is 19.8 Å². The maximum absolute atomic E-state index is 11.4. The highest BCUT2D eigenvalue weighted by Gasteiger charge is 2.47. The zero-order valence-electron chi connectivity index (χ0n) is 22.7. The van der Waals surface area contributed by atoms with Crippen LogP contribution < -0.4 is 10.5 Å². The molecule has 3 N–H and O–H groups in total. The first kappa shape index (κ1) is 26.9. The monoisotopic (exact) mass is 553 g/mol. The zero-order chi connectivity index (χ0) is 28.4. The van der Waals surface area contributed by atoms with E-state index in [1.165, 1.54) is 13.4 Å². The Morgan fingerprint density at radius 3 is 2.12 bits per heavy atom. The molecular weight excluding hydrogens is 522 g/mol. The highest BCUT2D eigenvalue weighted by atomic mass is 16.6. The van der Waals surface area contributed by atoms with Gasteiger partial charge in [-0.3, -0.25) is 4.57 Å². The Bertz CT molecular complexity index is 1560. The second kappa shape index (κ2) is 11.3. The minimum absolute atomic E-state index is 0.0527. The van der Waals surface area contributed by atoms with Gasteiger partial charge in [0.25, 0.3) is 0 Å². The maximum atomic E-state index is 11.4. The molecule has 0 unspecified atom stereocenters. The van der Waals surface area contributed by atoms with Crippen molar-refractivity contribution in [3.63, 3.8) is 0 Å². The van der Waals surface area contributed by atoms with Crippen molar-refractivity contribution in [1.82, 2.24) is 19.5 Å². The van der Waals surface area contributed by atoms with E-state index in [4.69, 9.17) is 24.7 Å². The van der Waals surface area contributed by atoms with Crippen LogP contribution in [0, 0.1) is 0 Å². The topological polar surface area (TPSA) is 127 Å². The van der Waals surface area contributed by atoms with Crippen molar-refractivity contribution in [1.29, 1.82) is 0 Å². The van der Waals surface area contributed by atoms with Crippen LogP contribution in [0.1, 0.15) is 22.9 Å². The van der Waals surface area contributed by atoms with Crippen LogP contribution in [0.3, 0.4) is 0 Å². The number of rotatable bonds is 9. The number of aromatic nitrogens is 4. The third-order valence-corrected chi connectivity index (χ3v) is 7.57.